The van der Waals surface area contributed by atoms with E-state index in [-0.39, 0.29) is 65.0 Å². The van der Waals surface area contributed by atoms with Gasteiger partial charge >= 0.3 is 121 Å². The number of hydrogen-bond donors (Lipinski definition) is 4. The van der Waals surface area contributed by atoms with E-state index in [0.29, 0.717) is 26.2 Å². The molecule has 0 atom stereocenters. The van der Waals surface area contributed by atoms with Gasteiger partial charge in [0.1, 0.15) is 5.78 Å². The summed E-state index contributed by atoms with van der Waals surface area (Å²) < 4.78 is 32.0. The Bertz CT molecular complexity index is 2130. The first kappa shape index (κ1) is 59.0. The Balaban J connectivity index is 0.000000471. The molecule has 2 aromatic carbocycles. The van der Waals surface area contributed by atoms with Crippen LogP contribution in [-0.2, 0) is 52.8 Å². The van der Waals surface area contributed by atoms with Gasteiger partial charge in [0.2, 0.25) is 5.91 Å². The number of nitrogen functional groups attached to an aromatic ring is 1. The number of fused-ring (bicyclic) bond motifs is 2. The van der Waals surface area contributed by atoms with Crippen LogP contribution in [0, 0.1) is 0 Å². The van der Waals surface area contributed by atoms with E-state index in [1.54, 1.807) is 35.6 Å². The number of carbonyl (C=O) groups excluding carboxylic acids is 3. The molecule has 4 heterocycles. The van der Waals surface area contributed by atoms with Crippen LogP contribution in [-0.4, -0.2) is 128 Å². The Labute approximate surface area is 466 Å². The summed E-state index contributed by atoms with van der Waals surface area (Å²) in [4.78, 5) is 55.5. The van der Waals surface area contributed by atoms with Gasteiger partial charge in [0.05, 0.1) is 27.0 Å². The van der Waals surface area contributed by atoms with Crippen molar-refractivity contribution in [3.05, 3.63) is 107 Å². The van der Waals surface area contributed by atoms with Crippen molar-refractivity contribution >= 4 is 138 Å². The molecule has 7 N–H and O–H groups in total. The van der Waals surface area contributed by atoms with Crippen LogP contribution in [0.3, 0.4) is 0 Å². The Hall–Kier alpha value is 0.849. The van der Waals surface area contributed by atoms with Crippen LogP contribution in [0.25, 0.3) is 0 Å². The van der Waals surface area contributed by atoms with E-state index < -0.39 is 28.6 Å². The minimum atomic E-state index is -0.727. The van der Waals surface area contributed by atoms with Gasteiger partial charge in [-0.25, -0.2) is 0 Å². The van der Waals surface area contributed by atoms with Crippen molar-refractivity contribution in [1.29, 1.82) is 0 Å². The fraction of sp³-hybridized carbons (Fsp3) is 0.415. The third-order valence-electron chi connectivity index (χ3n) is 11.3. The molecule has 0 saturated heterocycles. The van der Waals surface area contributed by atoms with Crippen LogP contribution >= 0.6 is 45.9 Å². The first-order chi connectivity index (χ1) is 29.2. The summed E-state index contributed by atoms with van der Waals surface area (Å²) in [7, 11) is 0. The zero-order valence-corrected chi connectivity index (χ0v) is 48.1. The second-order valence-corrected chi connectivity index (χ2v) is 17.8. The maximum atomic E-state index is 13.2. The molecule has 2 aliphatic carbocycles. The number of amides is 2. The molecule has 62 heavy (non-hydrogen) atoms. The second kappa shape index (κ2) is 28.4. The molecular formula is C41H48Cl2F4K3N5O5S2. The van der Waals surface area contributed by atoms with Crippen molar-refractivity contribution in [2.24, 2.45) is 11.5 Å². The topological polar surface area (TPSA) is 173 Å². The predicted octanol–water partition coefficient (Wildman–Crippen LogP) is 5.02. The number of nitrogens with zero attached hydrogens (tertiary/aromatic N) is 2. The van der Waals surface area contributed by atoms with Gasteiger partial charge in [-0.1, -0.05) is 61.3 Å². The first-order valence-electron chi connectivity index (χ1n) is 19.9. The fourth-order valence-electron chi connectivity index (χ4n) is 7.67. The fourth-order valence-corrected chi connectivity index (χ4v) is 10.5. The quantitative estimate of drug-likeness (QED) is 0.127. The van der Waals surface area contributed by atoms with Crippen LogP contribution in [0.15, 0.2) is 48.5 Å². The molecule has 0 bridgehead atoms. The monoisotopic (exact) mass is 1020 g/mol. The molecule has 10 nitrogen and oxygen atoms in total. The molecule has 4 aliphatic rings. The number of ketones is 1. The Morgan fingerprint density at radius 2 is 1.11 bits per heavy atom. The Kier molecular flexibility index (Phi) is 27.0. The number of aliphatic carboxylic acids is 1. The van der Waals surface area contributed by atoms with E-state index >= 15 is 0 Å². The zero-order valence-electron chi connectivity index (χ0n) is 36.6. The van der Waals surface area contributed by atoms with E-state index in [2.05, 4.69) is 23.6 Å². The molecule has 2 aromatic heterocycles. The van der Waals surface area contributed by atoms with E-state index in [1.807, 2.05) is 24.3 Å². The number of benzene rings is 2. The van der Waals surface area contributed by atoms with Gasteiger partial charge in [0.25, 0.3) is 5.91 Å². The summed E-state index contributed by atoms with van der Waals surface area (Å²) in [6.07, 6.45) is 5.18. The summed E-state index contributed by atoms with van der Waals surface area (Å²) >= 11 is 17.3. The molecule has 0 unspecified atom stereocenters. The molecule has 324 valence electrons. The van der Waals surface area contributed by atoms with Crippen molar-refractivity contribution in [3.63, 3.8) is 0 Å². The minimum absolute atomic E-state index is 0. The van der Waals surface area contributed by atoms with Crippen LogP contribution in [0.1, 0.15) is 98.6 Å². The van der Waals surface area contributed by atoms with Crippen LogP contribution in [0.5, 0.6) is 0 Å². The van der Waals surface area contributed by atoms with Gasteiger partial charge in [0, 0.05) is 75.6 Å². The third kappa shape index (κ3) is 14.9. The molecule has 0 radical (unpaired) electrons. The molecular weight excluding hydrogens is 971 g/mol. The van der Waals surface area contributed by atoms with Crippen LogP contribution < -0.4 is 68.6 Å². The van der Waals surface area contributed by atoms with E-state index in [1.165, 1.54) is 84.2 Å². The molecule has 2 amide bonds. The number of rotatable bonds is 10. The van der Waals surface area contributed by atoms with Gasteiger partial charge in [-0.2, -0.15) is 0 Å². The van der Waals surface area contributed by atoms with E-state index in [0.717, 1.165) is 105 Å². The number of carboxylic acid groups (broad SMARTS) is 1. The normalized spacial score (nSPS) is 16.0. The summed E-state index contributed by atoms with van der Waals surface area (Å²) in [5, 5.41) is 10.9. The average Bonchev–Trinajstić information content (AvgIpc) is 4.19. The Morgan fingerprint density at radius 1 is 0.726 bits per heavy atom. The number of likely N-dealkylation sites (N-methyl/N-ethyl adjacent to an activating group) is 2. The second-order valence-electron chi connectivity index (χ2n) is 14.6. The Morgan fingerprint density at radius 3 is 1.48 bits per heavy atom. The number of primary amides is 2. The van der Waals surface area contributed by atoms with Crippen LogP contribution in [0.2, 0.25) is 10.0 Å². The summed E-state index contributed by atoms with van der Waals surface area (Å²) in [5.41, 5.74) is 21.0. The number of anilines is 1. The van der Waals surface area contributed by atoms with E-state index in [9.17, 15) is 19.2 Å². The van der Waals surface area contributed by atoms with Gasteiger partial charge in [0.15, 0.2) is 0 Å². The number of Topliss-reactive ketones (excluding diaryl/α,β-unsaturated/α-hetero) is 1. The summed E-state index contributed by atoms with van der Waals surface area (Å²) in [6.45, 7) is 9.95. The molecule has 2 aliphatic heterocycles. The molecule has 2 fully saturated rings. The number of carboxylic acids is 1. The van der Waals surface area contributed by atoms with Gasteiger partial charge in [-0.3, -0.25) is 29.0 Å². The molecule has 2 saturated carbocycles. The van der Waals surface area contributed by atoms with Gasteiger partial charge < -0.3 is 23.7 Å². The summed E-state index contributed by atoms with van der Waals surface area (Å²) in [5.74, 6) is -1.35. The van der Waals surface area contributed by atoms with Crippen molar-refractivity contribution in [3.8, 4) is 0 Å². The maximum absolute atomic E-state index is 13.2. The SMILES string of the molecule is CCN1CCc2c(sc(CC(=O)C3(c4ccc(Cl)cc4)CC3)c2C(N)=O)C1.CCN1CCc2c(sc(N)c2C(N)=O)C1.FF.FF.O=C(O)C1(c2ccc(Cl)cc2)CC1.[H-].[K+].[K][K]. The van der Waals surface area contributed by atoms with Crippen molar-refractivity contribution in [2.45, 2.75) is 82.7 Å². The van der Waals surface area contributed by atoms with Gasteiger partial charge in [-0.05, 0) is 98.1 Å². The van der Waals surface area contributed by atoms with Crippen LogP contribution in [0.4, 0.5) is 23.3 Å². The van der Waals surface area contributed by atoms with Crippen molar-refractivity contribution in [2.75, 3.05) is 31.9 Å². The van der Waals surface area contributed by atoms with Crippen molar-refractivity contribution in [1.82, 2.24) is 9.80 Å². The number of hydrogen-bond acceptors (Lipinski definition) is 9. The molecule has 0 spiro atoms. The predicted molar refractivity (Wildman–Crippen MR) is 238 cm³/mol. The van der Waals surface area contributed by atoms with Gasteiger partial charge in [-0.15, -0.1) is 22.7 Å². The number of nitrogens with two attached hydrogens (primary N) is 3. The third-order valence-corrected chi connectivity index (χ3v) is 14.1. The summed E-state index contributed by atoms with van der Waals surface area (Å²) in [6, 6.07) is 14.6. The zero-order chi connectivity index (χ0) is 45.7. The number of carbonyl (C=O) groups is 4. The van der Waals surface area contributed by atoms with Crippen molar-refractivity contribution < 1.29 is 95.4 Å². The van der Waals surface area contributed by atoms with E-state index in [4.69, 9.17) is 63.8 Å². The molecule has 21 heteroatoms. The first-order valence-corrected chi connectivity index (χ1v) is 38.3. The molecule has 4 aromatic rings. The standard InChI is InChI=1S/C21H23ClN2O2S.C10H9ClO2.C10H15N3OS.2F2.3K.H/c1-2-24-10-7-15-17(12-24)27-16(19(15)20(23)26)11-18(25)21(8-9-21)13-3-5-14(22)6-4-13;11-8-3-1-7(2-4-8)10(5-6-10)9(12)13;1-2-13-4-3-6-7(5-13)15-10(12)8(6)9(11)14;2*1-2;;;;/h3-6H,2,7-12H2,1H3,(H2,23,26);1-4H,5-6H2,(H,12,13);2-5,12H2,1H3,(H2,11,14);;;;;;/q;;;;;;;+1;-1. The number of halogens is 6. The number of thiophene rings is 2. The molecule has 8 rings (SSSR count). The average molecular weight is 1020 g/mol.